The number of Topliss-reactive ketones (excluding diaryl/α,β-unsaturated/α-hetero) is 1. The Morgan fingerprint density at radius 3 is 2.35 bits per heavy atom. The molecule has 0 N–H and O–H groups in total. The van der Waals surface area contributed by atoms with Gasteiger partial charge < -0.3 is 4.74 Å². The van der Waals surface area contributed by atoms with Crippen LogP contribution in [0.25, 0.3) is 0 Å². The number of halogens is 4. The van der Waals surface area contributed by atoms with E-state index in [2.05, 4.69) is 4.74 Å². The monoisotopic (exact) mass is 258 g/mol. The van der Waals surface area contributed by atoms with Crippen LogP contribution in [-0.4, -0.2) is 31.3 Å². The molecule has 0 saturated carbocycles. The lowest BCUT2D eigenvalue weighted by Crippen LogP contribution is -2.33. The van der Waals surface area contributed by atoms with E-state index in [0.29, 0.717) is 12.3 Å². The molecule has 0 amide bonds. The molecule has 17 heavy (non-hydrogen) atoms. The second-order valence-corrected chi connectivity index (χ2v) is 4.38. The fourth-order valence-corrected chi connectivity index (χ4v) is 1.14. The van der Waals surface area contributed by atoms with Crippen molar-refractivity contribution in [3.63, 3.8) is 0 Å². The van der Waals surface area contributed by atoms with Gasteiger partial charge in [-0.15, -0.1) is 0 Å². The number of ether oxygens (including phenoxy) is 1. The average molecular weight is 258 g/mol. The highest BCUT2D eigenvalue weighted by molar-refractivity contribution is 5.79. The summed E-state index contributed by atoms with van der Waals surface area (Å²) in [6.07, 6.45) is -2.01. The van der Waals surface area contributed by atoms with E-state index in [1.54, 1.807) is 0 Å². The minimum absolute atomic E-state index is 0.235. The smallest absolute Gasteiger partial charge is 0.330 e. The fraction of sp³-hybridized carbons (Fsp3) is 0.909. The van der Waals surface area contributed by atoms with E-state index in [4.69, 9.17) is 0 Å². The zero-order chi connectivity index (χ0) is 13.5. The van der Waals surface area contributed by atoms with E-state index < -0.39 is 25.6 Å². The van der Waals surface area contributed by atoms with Gasteiger partial charge in [-0.25, -0.2) is 8.78 Å². The number of hydrogen-bond acceptors (Lipinski definition) is 2. The summed E-state index contributed by atoms with van der Waals surface area (Å²) >= 11 is 0. The van der Waals surface area contributed by atoms with Crippen LogP contribution >= 0.6 is 0 Å². The Morgan fingerprint density at radius 2 is 1.88 bits per heavy atom. The van der Waals surface area contributed by atoms with Gasteiger partial charge in [-0.1, -0.05) is 20.3 Å². The quantitative estimate of drug-likeness (QED) is 0.593. The van der Waals surface area contributed by atoms with Crippen molar-refractivity contribution in [1.82, 2.24) is 0 Å². The predicted molar refractivity (Wildman–Crippen MR) is 55.5 cm³/mol. The van der Waals surface area contributed by atoms with Crippen LogP contribution in [0.4, 0.5) is 17.6 Å². The largest absolute Gasteiger partial charge is 0.367 e. The van der Waals surface area contributed by atoms with Crippen LogP contribution < -0.4 is 0 Å². The molecular weight excluding hydrogens is 240 g/mol. The molecule has 0 aliphatic carbocycles. The van der Waals surface area contributed by atoms with E-state index in [-0.39, 0.29) is 12.2 Å². The van der Waals surface area contributed by atoms with Crippen molar-refractivity contribution in [2.75, 3.05) is 13.2 Å². The van der Waals surface area contributed by atoms with Gasteiger partial charge in [0.25, 0.3) is 0 Å². The fourth-order valence-electron chi connectivity index (χ4n) is 1.14. The SMILES string of the molecule is CC(C)CCCC(=O)COCC(F)(F)C(F)F. The summed E-state index contributed by atoms with van der Waals surface area (Å²) in [4.78, 5) is 11.1. The van der Waals surface area contributed by atoms with Gasteiger partial charge in [0.1, 0.15) is 13.2 Å². The summed E-state index contributed by atoms with van der Waals surface area (Å²) in [7, 11) is 0. The molecule has 0 atom stereocenters. The van der Waals surface area contributed by atoms with Crippen molar-refractivity contribution in [1.29, 1.82) is 0 Å². The number of ketones is 1. The third-order valence-corrected chi connectivity index (χ3v) is 2.11. The van der Waals surface area contributed by atoms with Crippen LogP contribution in [0, 0.1) is 5.92 Å². The van der Waals surface area contributed by atoms with Crippen LogP contribution in [0.2, 0.25) is 0 Å². The molecule has 0 radical (unpaired) electrons. The molecule has 0 saturated heterocycles. The highest BCUT2D eigenvalue weighted by Gasteiger charge is 2.41. The third-order valence-electron chi connectivity index (χ3n) is 2.11. The standard InChI is InChI=1S/C11H18F4O2/c1-8(2)4-3-5-9(16)6-17-7-11(14,15)10(12)13/h8,10H,3-7H2,1-2H3. The molecule has 0 aromatic rings. The highest BCUT2D eigenvalue weighted by Crippen LogP contribution is 2.22. The Morgan fingerprint density at radius 1 is 1.29 bits per heavy atom. The normalized spacial score (nSPS) is 12.5. The Balaban J connectivity index is 3.65. The van der Waals surface area contributed by atoms with Crippen molar-refractivity contribution in [3.05, 3.63) is 0 Å². The predicted octanol–water partition coefficient (Wildman–Crippen LogP) is 3.30. The molecule has 0 bridgehead atoms. The molecule has 0 heterocycles. The minimum Gasteiger partial charge on any atom is -0.367 e. The van der Waals surface area contributed by atoms with Crippen molar-refractivity contribution in [2.45, 2.75) is 45.5 Å². The number of carbonyl (C=O) groups excluding carboxylic acids is 1. The van der Waals surface area contributed by atoms with Gasteiger partial charge in [0.05, 0.1) is 0 Å². The first kappa shape index (κ1) is 16.4. The van der Waals surface area contributed by atoms with Gasteiger partial charge in [0, 0.05) is 6.42 Å². The molecule has 0 aliphatic heterocycles. The molecule has 6 heteroatoms. The minimum atomic E-state index is -4.18. The first-order chi connectivity index (χ1) is 7.75. The lowest BCUT2D eigenvalue weighted by atomic mass is 10.1. The number of rotatable bonds is 9. The Kier molecular flexibility index (Phi) is 7.34. The molecule has 0 rings (SSSR count). The molecule has 0 spiro atoms. The molecule has 2 nitrogen and oxygen atoms in total. The average Bonchev–Trinajstić information content (AvgIpc) is 2.16. The van der Waals surface area contributed by atoms with Gasteiger partial charge in [0.2, 0.25) is 0 Å². The van der Waals surface area contributed by atoms with Gasteiger partial charge in [-0.2, -0.15) is 8.78 Å². The molecule has 0 fully saturated rings. The van der Waals surface area contributed by atoms with Crippen molar-refractivity contribution in [3.8, 4) is 0 Å². The highest BCUT2D eigenvalue weighted by atomic mass is 19.3. The summed E-state index contributed by atoms with van der Waals surface area (Å²) in [6.45, 7) is 2.06. The number of hydrogen-bond donors (Lipinski definition) is 0. The van der Waals surface area contributed by atoms with Gasteiger partial charge >= 0.3 is 12.3 Å². The lowest BCUT2D eigenvalue weighted by Gasteiger charge is -2.14. The van der Waals surface area contributed by atoms with Crippen LogP contribution in [0.15, 0.2) is 0 Å². The number of alkyl halides is 4. The summed E-state index contributed by atoms with van der Waals surface area (Å²) in [5.74, 6) is -4.05. The van der Waals surface area contributed by atoms with Crippen LogP contribution in [0.3, 0.4) is 0 Å². The van der Waals surface area contributed by atoms with E-state index in [9.17, 15) is 22.4 Å². The zero-order valence-electron chi connectivity index (χ0n) is 10.0. The topological polar surface area (TPSA) is 26.3 Å². The number of carbonyl (C=O) groups is 1. The van der Waals surface area contributed by atoms with Crippen LogP contribution in [-0.2, 0) is 9.53 Å². The maximum atomic E-state index is 12.4. The Hall–Kier alpha value is -0.650. The maximum absolute atomic E-state index is 12.4. The van der Waals surface area contributed by atoms with Gasteiger partial charge in [0.15, 0.2) is 5.78 Å². The maximum Gasteiger partial charge on any atom is 0.330 e. The van der Waals surface area contributed by atoms with Crippen molar-refractivity contribution in [2.24, 2.45) is 5.92 Å². The molecular formula is C11H18F4O2. The molecule has 0 unspecified atom stereocenters. The van der Waals surface area contributed by atoms with Crippen molar-refractivity contribution < 1.29 is 27.1 Å². The molecule has 102 valence electrons. The van der Waals surface area contributed by atoms with Gasteiger partial charge in [-0.05, 0) is 12.3 Å². The first-order valence-corrected chi connectivity index (χ1v) is 5.51. The third kappa shape index (κ3) is 8.12. The van der Waals surface area contributed by atoms with Crippen LogP contribution in [0.5, 0.6) is 0 Å². The summed E-state index contributed by atoms with van der Waals surface area (Å²) < 4.78 is 52.5. The van der Waals surface area contributed by atoms with Crippen molar-refractivity contribution >= 4 is 5.78 Å². The van der Waals surface area contributed by atoms with E-state index in [0.717, 1.165) is 6.42 Å². The Labute approximate surface area is 98.3 Å². The van der Waals surface area contributed by atoms with Gasteiger partial charge in [-0.3, -0.25) is 4.79 Å². The summed E-state index contributed by atoms with van der Waals surface area (Å²) in [5, 5.41) is 0. The van der Waals surface area contributed by atoms with E-state index in [1.165, 1.54) is 0 Å². The Bertz CT molecular complexity index is 230. The second kappa shape index (κ2) is 7.63. The molecule has 0 aromatic carbocycles. The second-order valence-electron chi connectivity index (χ2n) is 4.38. The lowest BCUT2D eigenvalue weighted by molar-refractivity contribution is -0.168. The van der Waals surface area contributed by atoms with E-state index >= 15 is 0 Å². The zero-order valence-corrected chi connectivity index (χ0v) is 10.0. The summed E-state index contributed by atoms with van der Waals surface area (Å²) in [6, 6.07) is 0. The molecule has 0 aromatic heterocycles. The molecule has 0 aliphatic rings. The van der Waals surface area contributed by atoms with E-state index in [1.807, 2.05) is 13.8 Å². The summed E-state index contributed by atoms with van der Waals surface area (Å²) in [5.41, 5.74) is 0. The first-order valence-electron chi connectivity index (χ1n) is 5.51. The van der Waals surface area contributed by atoms with Crippen LogP contribution in [0.1, 0.15) is 33.1 Å².